The lowest BCUT2D eigenvalue weighted by molar-refractivity contribution is 0.0599. The summed E-state index contributed by atoms with van der Waals surface area (Å²) in [4.78, 5) is 22.0. The molecule has 0 spiro atoms. The molecular formula is C22H21N3O2S. The molecule has 0 N–H and O–H groups in total. The Hall–Kier alpha value is -2.70. The Labute approximate surface area is 167 Å². The molecule has 3 heterocycles. The number of furan rings is 1. The summed E-state index contributed by atoms with van der Waals surface area (Å²) in [7, 11) is 0. The fourth-order valence-corrected chi connectivity index (χ4v) is 4.82. The van der Waals surface area contributed by atoms with Gasteiger partial charge in [-0.1, -0.05) is 30.3 Å². The molecule has 0 atom stereocenters. The van der Waals surface area contributed by atoms with Gasteiger partial charge >= 0.3 is 0 Å². The number of aromatic nitrogens is 1. The molecule has 2 aromatic carbocycles. The first kappa shape index (κ1) is 17.4. The number of para-hydroxylation sites is 2. The van der Waals surface area contributed by atoms with Crippen LogP contribution in [0.15, 0.2) is 52.9 Å². The molecular weight excluding hydrogens is 370 g/mol. The number of carbonyl (C=O) groups is 1. The average Bonchev–Trinajstić information content (AvgIpc) is 3.29. The number of thiazole rings is 1. The Morgan fingerprint density at radius 1 is 1.07 bits per heavy atom. The van der Waals surface area contributed by atoms with Crippen molar-refractivity contribution in [3.05, 3.63) is 64.9 Å². The summed E-state index contributed by atoms with van der Waals surface area (Å²) < 4.78 is 7.09. The van der Waals surface area contributed by atoms with Crippen LogP contribution < -0.4 is 0 Å². The van der Waals surface area contributed by atoms with Crippen molar-refractivity contribution in [2.75, 3.05) is 26.2 Å². The summed E-state index contributed by atoms with van der Waals surface area (Å²) in [5.74, 6) is 0.467. The highest BCUT2D eigenvalue weighted by Gasteiger charge is 2.27. The number of amides is 1. The molecule has 2 aromatic heterocycles. The molecule has 0 saturated carbocycles. The summed E-state index contributed by atoms with van der Waals surface area (Å²) in [6.07, 6.45) is 0. The molecule has 5 rings (SSSR count). The zero-order valence-corrected chi connectivity index (χ0v) is 16.5. The van der Waals surface area contributed by atoms with Gasteiger partial charge < -0.3 is 9.32 Å². The first-order valence-electron chi connectivity index (χ1n) is 9.53. The molecule has 0 aliphatic carbocycles. The lowest BCUT2D eigenvalue weighted by atomic mass is 10.1. The quantitative estimate of drug-likeness (QED) is 0.522. The van der Waals surface area contributed by atoms with Crippen LogP contribution in [0, 0.1) is 6.92 Å². The molecule has 0 bridgehead atoms. The van der Waals surface area contributed by atoms with Gasteiger partial charge in [-0.2, -0.15) is 0 Å². The van der Waals surface area contributed by atoms with Gasteiger partial charge in [0.05, 0.1) is 16.8 Å². The molecule has 1 aliphatic rings. The van der Waals surface area contributed by atoms with Crippen molar-refractivity contribution >= 4 is 38.4 Å². The van der Waals surface area contributed by atoms with Gasteiger partial charge in [-0.15, -0.1) is 11.3 Å². The van der Waals surface area contributed by atoms with Crippen molar-refractivity contribution in [1.82, 2.24) is 14.8 Å². The molecule has 28 heavy (non-hydrogen) atoms. The van der Waals surface area contributed by atoms with Crippen LogP contribution in [0.4, 0.5) is 0 Å². The Bertz CT molecular complexity index is 1120. The molecule has 6 heteroatoms. The molecule has 142 valence electrons. The normalized spacial score (nSPS) is 15.5. The monoisotopic (exact) mass is 391 g/mol. The molecule has 1 saturated heterocycles. The number of aryl methyl sites for hydroxylation is 1. The highest BCUT2D eigenvalue weighted by Crippen LogP contribution is 2.27. The average molecular weight is 391 g/mol. The maximum atomic E-state index is 13.0. The second kappa shape index (κ2) is 7.04. The summed E-state index contributed by atoms with van der Waals surface area (Å²) in [5, 5.41) is 2.15. The van der Waals surface area contributed by atoms with Crippen LogP contribution in [0.3, 0.4) is 0 Å². The smallest absolute Gasteiger partial charge is 0.289 e. The summed E-state index contributed by atoms with van der Waals surface area (Å²) >= 11 is 1.75. The van der Waals surface area contributed by atoms with Crippen LogP contribution in [0.1, 0.15) is 21.1 Å². The van der Waals surface area contributed by atoms with E-state index in [1.54, 1.807) is 11.3 Å². The number of carbonyl (C=O) groups excluding carboxylic acids is 1. The highest BCUT2D eigenvalue weighted by molar-refractivity contribution is 7.18. The van der Waals surface area contributed by atoms with Crippen molar-refractivity contribution in [2.24, 2.45) is 0 Å². The van der Waals surface area contributed by atoms with E-state index in [9.17, 15) is 4.79 Å². The molecule has 0 radical (unpaired) electrons. The highest BCUT2D eigenvalue weighted by atomic mass is 32.1. The number of nitrogens with zero attached hydrogens (tertiary/aromatic N) is 3. The van der Waals surface area contributed by atoms with Crippen LogP contribution in [-0.2, 0) is 6.54 Å². The van der Waals surface area contributed by atoms with Crippen LogP contribution in [0.5, 0.6) is 0 Å². The van der Waals surface area contributed by atoms with Crippen LogP contribution in [0.2, 0.25) is 0 Å². The van der Waals surface area contributed by atoms with Gasteiger partial charge in [-0.3, -0.25) is 9.69 Å². The predicted octanol–water partition coefficient (Wildman–Crippen LogP) is 4.31. The van der Waals surface area contributed by atoms with Crippen LogP contribution in [-0.4, -0.2) is 46.9 Å². The van der Waals surface area contributed by atoms with Gasteiger partial charge in [-0.25, -0.2) is 4.98 Å². The van der Waals surface area contributed by atoms with E-state index in [2.05, 4.69) is 23.1 Å². The van der Waals surface area contributed by atoms with E-state index in [1.165, 1.54) is 4.70 Å². The van der Waals surface area contributed by atoms with Gasteiger partial charge in [0.25, 0.3) is 5.91 Å². The fraction of sp³-hybridized carbons (Fsp3) is 0.273. The van der Waals surface area contributed by atoms with Crippen molar-refractivity contribution in [3.8, 4) is 0 Å². The third kappa shape index (κ3) is 3.08. The third-order valence-electron chi connectivity index (χ3n) is 5.39. The first-order valence-corrected chi connectivity index (χ1v) is 10.3. The van der Waals surface area contributed by atoms with Crippen molar-refractivity contribution in [3.63, 3.8) is 0 Å². The fourth-order valence-electron chi connectivity index (χ4n) is 3.81. The minimum Gasteiger partial charge on any atom is -0.451 e. The molecule has 1 amide bonds. The second-order valence-corrected chi connectivity index (χ2v) is 8.31. The minimum atomic E-state index is -0.00617. The van der Waals surface area contributed by atoms with E-state index in [0.717, 1.165) is 46.7 Å². The minimum absolute atomic E-state index is 0.00617. The molecule has 1 fully saturated rings. The van der Waals surface area contributed by atoms with E-state index in [4.69, 9.17) is 9.40 Å². The Kier molecular flexibility index (Phi) is 4.37. The topological polar surface area (TPSA) is 49.6 Å². The number of hydrogen-bond acceptors (Lipinski definition) is 5. The Morgan fingerprint density at radius 2 is 1.82 bits per heavy atom. The number of piperazine rings is 1. The number of rotatable bonds is 3. The first-order chi connectivity index (χ1) is 13.7. The Balaban J connectivity index is 1.26. The van der Waals surface area contributed by atoms with Gasteiger partial charge in [0, 0.05) is 37.1 Å². The van der Waals surface area contributed by atoms with E-state index < -0.39 is 0 Å². The largest absolute Gasteiger partial charge is 0.451 e. The molecule has 0 unspecified atom stereocenters. The number of hydrogen-bond donors (Lipinski definition) is 0. The summed E-state index contributed by atoms with van der Waals surface area (Å²) in [5.41, 5.74) is 2.77. The zero-order valence-electron chi connectivity index (χ0n) is 15.7. The van der Waals surface area contributed by atoms with E-state index >= 15 is 0 Å². The zero-order chi connectivity index (χ0) is 19.1. The lowest BCUT2D eigenvalue weighted by Crippen LogP contribution is -2.48. The van der Waals surface area contributed by atoms with Crippen molar-refractivity contribution in [2.45, 2.75) is 13.5 Å². The second-order valence-electron chi connectivity index (χ2n) is 7.20. The summed E-state index contributed by atoms with van der Waals surface area (Å²) in [6, 6.07) is 16.1. The third-order valence-corrected chi connectivity index (χ3v) is 6.42. The molecule has 5 nitrogen and oxygen atoms in total. The maximum Gasteiger partial charge on any atom is 0.289 e. The predicted molar refractivity (Wildman–Crippen MR) is 112 cm³/mol. The lowest BCUT2D eigenvalue weighted by Gasteiger charge is -2.33. The number of benzene rings is 2. The van der Waals surface area contributed by atoms with E-state index in [0.29, 0.717) is 18.8 Å². The maximum absolute atomic E-state index is 13.0. The standard InChI is InChI=1S/C22H21N3O2S/c1-15-16-6-2-4-8-18(16)27-21(15)22(26)25-12-10-24(11-13-25)14-20-23-17-7-3-5-9-19(17)28-20/h2-9H,10-14H2,1H3. The van der Waals surface area contributed by atoms with Crippen LogP contribution >= 0.6 is 11.3 Å². The molecule has 1 aliphatic heterocycles. The van der Waals surface area contributed by atoms with Gasteiger partial charge in [0.2, 0.25) is 0 Å². The summed E-state index contributed by atoms with van der Waals surface area (Å²) in [6.45, 7) is 5.91. The SMILES string of the molecule is Cc1c(C(=O)N2CCN(Cc3nc4ccccc4s3)CC2)oc2ccccc12. The number of fused-ring (bicyclic) bond motifs is 2. The van der Waals surface area contributed by atoms with Crippen molar-refractivity contribution in [1.29, 1.82) is 0 Å². The van der Waals surface area contributed by atoms with Crippen LogP contribution in [0.25, 0.3) is 21.2 Å². The van der Waals surface area contributed by atoms with E-state index in [-0.39, 0.29) is 5.91 Å². The van der Waals surface area contributed by atoms with Gasteiger partial charge in [0.15, 0.2) is 5.76 Å². The van der Waals surface area contributed by atoms with Gasteiger partial charge in [0.1, 0.15) is 10.6 Å². The Morgan fingerprint density at radius 3 is 2.61 bits per heavy atom. The van der Waals surface area contributed by atoms with Crippen molar-refractivity contribution < 1.29 is 9.21 Å². The van der Waals surface area contributed by atoms with E-state index in [1.807, 2.05) is 42.2 Å². The molecule has 4 aromatic rings. The van der Waals surface area contributed by atoms with Gasteiger partial charge in [-0.05, 0) is 25.1 Å².